The van der Waals surface area contributed by atoms with Crippen molar-refractivity contribution >= 4 is 33.8 Å². The molecule has 0 aliphatic carbocycles. The first-order valence-electron chi connectivity index (χ1n) is 6.04. The normalized spacial score (nSPS) is 11.1. The highest BCUT2D eigenvalue weighted by Crippen LogP contribution is 2.30. The topological polar surface area (TPSA) is 46.2 Å². The van der Waals surface area contributed by atoms with E-state index in [1.54, 1.807) is 0 Å². The standard InChI is InChI=1S/C15H9BrF3NO2/c16-12-5-9(8-21)4-10(6-12)14(22)20-13-3-1-2-11(7-13)15(17,18)19/h1-8H,(H,20,22). The molecule has 0 aliphatic rings. The maximum atomic E-state index is 12.6. The van der Waals surface area contributed by atoms with Gasteiger partial charge in [0.25, 0.3) is 5.91 Å². The Balaban J connectivity index is 2.26. The van der Waals surface area contributed by atoms with E-state index in [0.717, 1.165) is 12.1 Å². The molecule has 0 bridgehead atoms. The molecule has 0 unspecified atom stereocenters. The van der Waals surface area contributed by atoms with E-state index < -0.39 is 17.6 Å². The molecule has 7 heteroatoms. The second kappa shape index (κ2) is 6.31. The van der Waals surface area contributed by atoms with E-state index >= 15 is 0 Å². The van der Waals surface area contributed by atoms with Crippen molar-refractivity contribution in [3.05, 3.63) is 63.6 Å². The highest BCUT2D eigenvalue weighted by Gasteiger charge is 2.30. The number of amides is 1. The molecular formula is C15H9BrF3NO2. The zero-order chi connectivity index (χ0) is 16.3. The number of carbonyl (C=O) groups excluding carboxylic acids is 2. The Kier molecular flexibility index (Phi) is 4.65. The third-order valence-corrected chi connectivity index (χ3v) is 3.22. The molecule has 0 fully saturated rings. The maximum absolute atomic E-state index is 12.6. The van der Waals surface area contributed by atoms with Gasteiger partial charge in [-0.2, -0.15) is 13.2 Å². The number of hydrogen-bond donors (Lipinski definition) is 1. The molecule has 114 valence electrons. The van der Waals surface area contributed by atoms with Crippen LogP contribution in [0.5, 0.6) is 0 Å². The van der Waals surface area contributed by atoms with Crippen LogP contribution in [0.3, 0.4) is 0 Å². The fraction of sp³-hybridized carbons (Fsp3) is 0.0667. The van der Waals surface area contributed by atoms with Crippen LogP contribution < -0.4 is 5.32 Å². The average molecular weight is 372 g/mol. The van der Waals surface area contributed by atoms with Gasteiger partial charge >= 0.3 is 6.18 Å². The lowest BCUT2D eigenvalue weighted by Crippen LogP contribution is -2.13. The number of benzene rings is 2. The summed E-state index contributed by atoms with van der Waals surface area (Å²) < 4.78 is 38.4. The Bertz CT molecular complexity index is 729. The van der Waals surface area contributed by atoms with Gasteiger partial charge in [-0.25, -0.2) is 0 Å². The lowest BCUT2D eigenvalue weighted by Gasteiger charge is -2.10. The zero-order valence-electron chi connectivity index (χ0n) is 10.9. The number of anilines is 1. The van der Waals surface area contributed by atoms with E-state index in [-0.39, 0.29) is 16.8 Å². The molecule has 0 heterocycles. The third-order valence-electron chi connectivity index (χ3n) is 2.77. The van der Waals surface area contributed by atoms with Gasteiger partial charge in [-0.05, 0) is 36.4 Å². The largest absolute Gasteiger partial charge is 0.416 e. The van der Waals surface area contributed by atoms with Crippen LogP contribution in [0.15, 0.2) is 46.9 Å². The number of hydrogen-bond acceptors (Lipinski definition) is 2. The lowest BCUT2D eigenvalue weighted by molar-refractivity contribution is -0.137. The summed E-state index contributed by atoms with van der Waals surface area (Å²) in [5.74, 6) is -0.608. The van der Waals surface area contributed by atoms with Crippen molar-refractivity contribution in [3.63, 3.8) is 0 Å². The van der Waals surface area contributed by atoms with Crippen molar-refractivity contribution in [2.75, 3.05) is 5.32 Å². The first-order chi connectivity index (χ1) is 10.3. The molecule has 2 rings (SSSR count). The van der Waals surface area contributed by atoms with Crippen LogP contribution in [-0.2, 0) is 6.18 Å². The first-order valence-corrected chi connectivity index (χ1v) is 6.83. The van der Waals surface area contributed by atoms with E-state index in [4.69, 9.17) is 0 Å². The van der Waals surface area contributed by atoms with Gasteiger partial charge in [-0.3, -0.25) is 9.59 Å². The van der Waals surface area contributed by atoms with Crippen LogP contribution in [0.1, 0.15) is 26.3 Å². The molecular weight excluding hydrogens is 363 g/mol. The second-order valence-corrected chi connectivity index (χ2v) is 5.34. The van der Waals surface area contributed by atoms with Crippen LogP contribution in [0.4, 0.5) is 18.9 Å². The Morgan fingerprint density at radius 1 is 1.14 bits per heavy atom. The van der Waals surface area contributed by atoms with Gasteiger partial charge in [0.05, 0.1) is 5.56 Å². The molecule has 0 aliphatic heterocycles. The predicted octanol–water partition coefficient (Wildman–Crippen LogP) is 4.53. The molecule has 2 aromatic carbocycles. The van der Waals surface area contributed by atoms with Crippen molar-refractivity contribution in [2.45, 2.75) is 6.18 Å². The summed E-state index contributed by atoms with van der Waals surface area (Å²) in [6.07, 6.45) is -3.91. The predicted molar refractivity (Wildman–Crippen MR) is 78.9 cm³/mol. The smallest absolute Gasteiger partial charge is 0.322 e. The van der Waals surface area contributed by atoms with Gasteiger partial charge in [0.15, 0.2) is 0 Å². The van der Waals surface area contributed by atoms with Gasteiger partial charge in [0, 0.05) is 21.3 Å². The van der Waals surface area contributed by atoms with Crippen molar-refractivity contribution < 1.29 is 22.8 Å². The Morgan fingerprint density at radius 2 is 1.86 bits per heavy atom. The van der Waals surface area contributed by atoms with Crippen molar-refractivity contribution in [3.8, 4) is 0 Å². The number of alkyl halides is 3. The quantitative estimate of drug-likeness (QED) is 0.805. The van der Waals surface area contributed by atoms with Gasteiger partial charge in [0.2, 0.25) is 0 Å². The lowest BCUT2D eigenvalue weighted by atomic mass is 10.1. The molecule has 0 saturated heterocycles. The Morgan fingerprint density at radius 3 is 2.50 bits per heavy atom. The van der Waals surface area contributed by atoms with Gasteiger partial charge in [-0.1, -0.05) is 22.0 Å². The summed E-state index contributed by atoms with van der Waals surface area (Å²) in [7, 11) is 0. The fourth-order valence-electron chi connectivity index (χ4n) is 1.79. The summed E-state index contributed by atoms with van der Waals surface area (Å²) in [6.45, 7) is 0. The van der Waals surface area contributed by atoms with Gasteiger partial charge < -0.3 is 5.32 Å². The minimum absolute atomic E-state index is 0.0208. The highest BCUT2D eigenvalue weighted by molar-refractivity contribution is 9.10. The van der Waals surface area contributed by atoms with Crippen molar-refractivity contribution in [1.29, 1.82) is 0 Å². The molecule has 0 atom stereocenters. The number of aldehydes is 1. The van der Waals surface area contributed by atoms with E-state index in [1.165, 1.54) is 30.3 Å². The summed E-state index contributed by atoms with van der Waals surface area (Å²) in [4.78, 5) is 22.8. The third kappa shape index (κ3) is 3.94. The van der Waals surface area contributed by atoms with E-state index in [0.29, 0.717) is 10.8 Å². The molecule has 0 aromatic heterocycles. The van der Waals surface area contributed by atoms with Crippen molar-refractivity contribution in [2.24, 2.45) is 0 Å². The van der Waals surface area contributed by atoms with Crippen LogP contribution in [-0.4, -0.2) is 12.2 Å². The fourth-order valence-corrected chi connectivity index (χ4v) is 2.30. The average Bonchev–Trinajstić information content (AvgIpc) is 2.46. The molecule has 0 saturated carbocycles. The number of nitrogens with one attached hydrogen (secondary N) is 1. The van der Waals surface area contributed by atoms with Crippen LogP contribution in [0.25, 0.3) is 0 Å². The summed E-state index contributed by atoms with van der Waals surface area (Å²) in [5, 5.41) is 2.37. The second-order valence-electron chi connectivity index (χ2n) is 4.42. The number of halogens is 4. The summed E-state index contributed by atoms with van der Waals surface area (Å²) in [5.41, 5.74) is -0.391. The number of rotatable bonds is 3. The highest BCUT2D eigenvalue weighted by atomic mass is 79.9. The molecule has 0 radical (unpaired) electrons. The molecule has 22 heavy (non-hydrogen) atoms. The zero-order valence-corrected chi connectivity index (χ0v) is 12.5. The number of carbonyl (C=O) groups is 2. The Hall–Kier alpha value is -2.15. The SMILES string of the molecule is O=Cc1cc(Br)cc(C(=O)Nc2cccc(C(F)(F)F)c2)c1. The van der Waals surface area contributed by atoms with Crippen LogP contribution >= 0.6 is 15.9 Å². The Labute approximate surface area is 132 Å². The molecule has 2 aromatic rings. The minimum Gasteiger partial charge on any atom is -0.322 e. The summed E-state index contributed by atoms with van der Waals surface area (Å²) >= 11 is 3.16. The first kappa shape index (κ1) is 16.2. The van der Waals surface area contributed by atoms with Crippen LogP contribution in [0, 0.1) is 0 Å². The van der Waals surface area contributed by atoms with Crippen molar-refractivity contribution in [1.82, 2.24) is 0 Å². The summed E-state index contributed by atoms with van der Waals surface area (Å²) in [6, 6.07) is 8.66. The molecule has 1 amide bonds. The molecule has 1 N–H and O–H groups in total. The van der Waals surface area contributed by atoms with Gasteiger partial charge in [0.1, 0.15) is 6.29 Å². The van der Waals surface area contributed by atoms with E-state index in [1.807, 2.05) is 0 Å². The minimum atomic E-state index is -4.48. The van der Waals surface area contributed by atoms with Gasteiger partial charge in [-0.15, -0.1) is 0 Å². The monoisotopic (exact) mass is 371 g/mol. The van der Waals surface area contributed by atoms with E-state index in [2.05, 4.69) is 21.2 Å². The molecule has 0 spiro atoms. The maximum Gasteiger partial charge on any atom is 0.416 e. The van der Waals surface area contributed by atoms with E-state index in [9.17, 15) is 22.8 Å². The molecule has 3 nitrogen and oxygen atoms in total. The van der Waals surface area contributed by atoms with Crippen LogP contribution in [0.2, 0.25) is 0 Å².